The van der Waals surface area contributed by atoms with Crippen LogP contribution in [0.5, 0.6) is 0 Å². The van der Waals surface area contributed by atoms with Crippen LogP contribution in [0.25, 0.3) is 0 Å². The van der Waals surface area contributed by atoms with Gasteiger partial charge in [0.1, 0.15) is 5.69 Å². The number of anilines is 1. The van der Waals surface area contributed by atoms with E-state index in [0.29, 0.717) is 17.5 Å². The van der Waals surface area contributed by atoms with Crippen LogP contribution in [-0.2, 0) is 0 Å². The summed E-state index contributed by atoms with van der Waals surface area (Å²) >= 11 is 0. The molecule has 15 heavy (non-hydrogen) atoms. The Labute approximate surface area is 88.4 Å². The van der Waals surface area contributed by atoms with Gasteiger partial charge in [0.05, 0.1) is 11.7 Å². The lowest BCUT2D eigenvalue weighted by atomic mass is 10.2. The maximum Gasteiger partial charge on any atom is 0.290 e. The molecule has 0 spiro atoms. The predicted molar refractivity (Wildman–Crippen MR) is 58.9 cm³/mol. The van der Waals surface area contributed by atoms with Gasteiger partial charge in [0.25, 0.3) is 5.56 Å². The summed E-state index contributed by atoms with van der Waals surface area (Å²) in [5, 5.41) is 3.21. The van der Waals surface area contributed by atoms with Gasteiger partial charge in [-0.2, -0.15) is 0 Å². The summed E-state index contributed by atoms with van der Waals surface area (Å²) in [5.41, 5.74) is 7.25. The highest BCUT2D eigenvalue weighted by molar-refractivity contribution is 5.44. The zero-order chi connectivity index (χ0) is 10.6. The molecule has 82 valence electrons. The van der Waals surface area contributed by atoms with Crippen LogP contribution in [-0.4, -0.2) is 9.78 Å². The van der Waals surface area contributed by atoms with Crippen LogP contribution in [0, 0.1) is 5.92 Å². The fourth-order valence-corrected chi connectivity index (χ4v) is 2.25. The molecule has 3 rings (SSSR count). The molecule has 1 heterocycles. The Bertz CT molecular complexity index is 437. The van der Waals surface area contributed by atoms with Gasteiger partial charge < -0.3 is 5.73 Å². The number of hydrogen-bond acceptors (Lipinski definition) is 2. The van der Waals surface area contributed by atoms with E-state index in [-0.39, 0.29) is 11.6 Å². The van der Waals surface area contributed by atoms with Crippen molar-refractivity contribution in [1.82, 2.24) is 9.78 Å². The van der Waals surface area contributed by atoms with Crippen molar-refractivity contribution in [1.29, 1.82) is 0 Å². The lowest BCUT2D eigenvalue weighted by Crippen LogP contribution is -2.23. The summed E-state index contributed by atoms with van der Waals surface area (Å²) in [6.45, 7) is 2.10. The summed E-state index contributed by atoms with van der Waals surface area (Å²) in [5.74, 6) is 1.19. The van der Waals surface area contributed by atoms with Gasteiger partial charge in [-0.05, 0) is 38.5 Å². The fourth-order valence-electron chi connectivity index (χ4n) is 2.25. The van der Waals surface area contributed by atoms with Crippen molar-refractivity contribution in [3.63, 3.8) is 0 Å². The smallest absolute Gasteiger partial charge is 0.290 e. The second-order valence-electron chi connectivity index (χ2n) is 4.97. The Morgan fingerprint density at radius 1 is 1.40 bits per heavy atom. The van der Waals surface area contributed by atoms with Gasteiger partial charge >= 0.3 is 0 Å². The third kappa shape index (κ3) is 1.39. The second-order valence-corrected chi connectivity index (χ2v) is 4.97. The van der Waals surface area contributed by atoms with Crippen LogP contribution in [0.2, 0.25) is 0 Å². The lowest BCUT2D eigenvalue weighted by Gasteiger charge is -2.10. The van der Waals surface area contributed by atoms with E-state index in [9.17, 15) is 4.79 Å². The number of nitrogens with two attached hydrogens (primary N) is 1. The topological polar surface area (TPSA) is 63.8 Å². The molecule has 0 aliphatic heterocycles. The van der Waals surface area contributed by atoms with Gasteiger partial charge in [-0.15, -0.1) is 0 Å². The Morgan fingerprint density at radius 2 is 2.07 bits per heavy atom. The molecule has 2 aliphatic carbocycles. The summed E-state index contributed by atoms with van der Waals surface area (Å²) < 4.78 is 1.74. The van der Waals surface area contributed by atoms with Gasteiger partial charge in [-0.1, -0.05) is 0 Å². The molecule has 1 aromatic heterocycles. The first-order chi connectivity index (χ1) is 7.18. The van der Waals surface area contributed by atoms with Gasteiger partial charge in [0, 0.05) is 5.92 Å². The predicted octanol–water partition coefficient (Wildman–Crippen LogP) is 1.61. The highest BCUT2D eigenvalue weighted by atomic mass is 16.1. The van der Waals surface area contributed by atoms with Crippen LogP contribution in [0.4, 0.5) is 5.69 Å². The minimum atomic E-state index is -0.0173. The van der Waals surface area contributed by atoms with Crippen molar-refractivity contribution in [2.45, 2.75) is 44.6 Å². The van der Waals surface area contributed by atoms with E-state index in [1.165, 1.54) is 25.7 Å². The summed E-state index contributed by atoms with van der Waals surface area (Å²) in [7, 11) is 0. The van der Waals surface area contributed by atoms with E-state index in [2.05, 4.69) is 12.0 Å². The molecule has 1 unspecified atom stereocenters. The van der Waals surface area contributed by atoms with Crippen LogP contribution in [0.1, 0.15) is 50.3 Å². The van der Waals surface area contributed by atoms with Crippen molar-refractivity contribution in [2.24, 2.45) is 5.92 Å². The number of hydrogen-bond donors (Lipinski definition) is 2. The van der Waals surface area contributed by atoms with Gasteiger partial charge in [-0.25, -0.2) is 4.68 Å². The van der Waals surface area contributed by atoms with Gasteiger partial charge in [-0.3, -0.25) is 9.89 Å². The number of aromatic nitrogens is 2. The third-order valence-corrected chi connectivity index (χ3v) is 3.68. The van der Waals surface area contributed by atoms with Gasteiger partial charge in [0.15, 0.2) is 0 Å². The molecule has 2 fully saturated rings. The molecule has 1 aromatic rings. The standard InChI is InChI=1S/C11H17N3O/c1-6(7-2-3-7)14-11(15)9(12)10(13-14)8-4-5-8/h6-8,13H,2-5,12H2,1H3. The molecule has 4 nitrogen and oxygen atoms in total. The minimum absolute atomic E-state index is 0.0173. The molecule has 2 aliphatic rings. The molecule has 0 radical (unpaired) electrons. The third-order valence-electron chi connectivity index (χ3n) is 3.68. The molecular weight excluding hydrogens is 190 g/mol. The highest BCUT2D eigenvalue weighted by Gasteiger charge is 2.34. The number of aromatic amines is 1. The monoisotopic (exact) mass is 207 g/mol. The molecular formula is C11H17N3O. The number of nitrogens with one attached hydrogen (secondary N) is 1. The first-order valence-corrected chi connectivity index (χ1v) is 5.78. The van der Waals surface area contributed by atoms with Crippen LogP contribution in [0.3, 0.4) is 0 Å². The lowest BCUT2D eigenvalue weighted by molar-refractivity contribution is 0.426. The van der Waals surface area contributed by atoms with Crippen molar-refractivity contribution in [3.05, 3.63) is 16.0 Å². The number of nitrogen functional groups attached to an aromatic ring is 1. The molecule has 4 heteroatoms. The SMILES string of the molecule is CC(C1CC1)n1[nH]c(C2CC2)c(N)c1=O. The molecule has 0 amide bonds. The molecule has 0 saturated heterocycles. The minimum Gasteiger partial charge on any atom is -0.393 e. The Balaban J connectivity index is 1.99. The van der Waals surface area contributed by atoms with Crippen molar-refractivity contribution in [2.75, 3.05) is 5.73 Å². The van der Waals surface area contributed by atoms with E-state index in [4.69, 9.17) is 5.73 Å². The van der Waals surface area contributed by atoms with Crippen molar-refractivity contribution >= 4 is 5.69 Å². The average molecular weight is 207 g/mol. The zero-order valence-electron chi connectivity index (χ0n) is 8.99. The number of rotatable bonds is 3. The van der Waals surface area contributed by atoms with Crippen LogP contribution in [0.15, 0.2) is 4.79 Å². The zero-order valence-corrected chi connectivity index (χ0v) is 8.99. The van der Waals surface area contributed by atoms with E-state index in [1.54, 1.807) is 4.68 Å². The molecule has 1 atom stereocenters. The largest absolute Gasteiger partial charge is 0.393 e. The normalized spacial score (nSPS) is 23.0. The summed E-state index contributed by atoms with van der Waals surface area (Å²) in [4.78, 5) is 11.9. The molecule has 3 N–H and O–H groups in total. The Hall–Kier alpha value is -1.19. The number of nitrogens with zero attached hydrogens (tertiary/aromatic N) is 1. The average Bonchev–Trinajstić information content (AvgIpc) is 3.09. The van der Waals surface area contributed by atoms with Crippen LogP contribution < -0.4 is 11.3 Å². The van der Waals surface area contributed by atoms with Crippen molar-refractivity contribution < 1.29 is 0 Å². The van der Waals surface area contributed by atoms with Crippen molar-refractivity contribution in [3.8, 4) is 0 Å². The Kier molecular flexibility index (Phi) is 1.75. The van der Waals surface area contributed by atoms with E-state index in [0.717, 1.165) is 5.69 Å². The maximum absolute atomic E-state index is 11.9. The first kappa shape index (κ1) is 9.07. The highest BCUT2D eigenvalue weighted by Crippen LogP contribution is 2.42. The summed E-state index contributed by atoms with van der Waals surface area (Å²) in [6, 6.07) is 0.285. The van der Waals surface area contributed by atoms with E-state index in [1.807, 2.05) is 0 Å². The quantitative estimate of drug-likeness (QED) is 0.790. The fraction of sp³-hybridized carbons (Fsp3) is 0.727. The van der Waals surface area contributed by atoms with E-state index < -0.39 is 0 Å². The molecule has 2 saturated carbocycles. The Morgan fingerprint density at radius 3 is 2.60 bits per heavy atom. The summed E-state index contributed by atoms with van der Waals surface area (Å²) in [6.07, 6.45) is 4.82. The van der Waals surface area contributed by atoms with Gasteiger partial charge in [0.2, 0.25) is 0 Å². The number of H-pyrrole nitrogens is 1. The van der Waals surface area contributed by atoms with Crippen LogP contribution >= 0.6 is 0 Å². The first-order valence-electron chi connectivity index (χ1n) is 5.78. The van der Waals surface area contributed by atoms with E-state index >= 15 is 0 Å². The second kappa shape index (κ2) is 2.90. The maximum atomic E-state index is 11.9. The molecule has 0 bridgehead atoms. The molecule has 0 aromatic carbocycles.